The molecule has 0 bridgehead atoms. The predicted octanol–water partition coefficient (Wildman–Crippen LogP) is 8.10. The highest BCUT2D eigenvalue weighted by atomic mass is 79.9. The second kappa shape index (κ2) is 9.93. The fourth-order valence-electron chi connectivity index (χ4n) is 7.53. The zero-order valence-electron chi connectivity index (χ0n) is 25.4. The van der Waals surface area contributed by atoms with Gasteiger partial charge >= 0.3 is 5.97 Å². The Labute approximate surface area is 265 Å². The number of carbonyl (C=O) groups excluding carboxylic acids is 3. The van der Waals surface area contributed by atoms with E-state index in [1.54, 1.807) is 6.21 Å². The molecular weight excluding hydrogens is 614 g/mol. The lowest BCUT2D eigenvalue weighted by atomic mass is 9.58. The van der Waals surface area contributed by atoms with Crippen LogP contribution in [0.15, 0.2) is 92.4 Å². The second-order valence-corrected chi connectivity index (χ2v) is 14.1. The maximum Gasteiger partial charge on any atom is 0.308 e. The Kier molecular flexibility index (Phi) is 6.45. The lowest BCUT2D eigenvalue weighted by Gasteiger charge is -2.43. The van der Waals surface area contributed by atoms with Crippen LogP contribution in [0.4, 0.5) is 0 Å². The van der Waals surface area contributed by atoms with Crippen molar-refractivity contribution in [3.63, 3.8) is 0 Å². The number of aliphatic imine (C=N–C) groups is 1. The quantitative estimate of drug-likeness (QED) is 0.163. The number of fused-ring (bicyclic) bond motifs is 6. The summed E-state index contributed by atoms with van der Waals surface area (Å²) < 4.78 is 6.63. The van der Waals surface area contributed by atoms with Crippen molar-refractivity contribution < 1.29 is 19.1 Å². The maximum atomic E-state index is 14.9. The van der Waals surface area contributed by atoms with Crippen molar-refractivity contribution >= 4 is 51.3 Å². The summed E-state index contributed by atoms with van der Waals surface area (Å²) in [5.74, 6) is -1.25. The van der Waals surface area contributed by atoms with E-state index >= 15 is 0 Å². The molecule has 7 rings (SSSR count). The summed E-state index contributed by atoms with van der Waals surface area (Å²) in [7, 11) is 0. The van der Waals surface area contributed by atoms with Crippen LogP contribution in [0.3, 0.4) is 0 Å². The fourth-order valence-corrected chi connectivity index (χ4v) is 7.79. The minimum Gasteiger partial charge on any atom is -0.426 e. The van der Waals surface area contributed by atoms with Gasteiger partial charge < -0.3 is 4.74 Å². The molecule has 6 heteroatoms. The number of ketones is 2. The van der Waals surface area contributed by atoms with Crippen molar-refractivity contribution in [1.82, 2.24) is 0 Å². The van der Waals surface area contributed by atoms with Gasteiger partial charge in [-0.15, -0.1) is 0 Å². The normalized spacial score (nSPS) is 19.9. The summed E-state index contributed by atoms with van der Waals surface area (Å²) in [6.07, 6.45) is 4.42. The standard InChI is InChI=1S/C38H32BrNO4/c1-20(41)44-29-15-22-18-40-19-27(22)31-25(29)16-28-33(31)32-26(17-37(28,2)3)34(38(4,5)23-9-7-6-8-10-23)36(43)30(35(32)42)21-11-13-24(39)14-12-21/h6-16,18,30H,17,19H2,1-5H3. The van der Waals surface area contributed by atoms with E-state index in [0.29, 0.717) is 35.4 Å². The Morgan fingerprint density at radius 3 is 2.39 bits per heavy atom. The number of hydrogen-bond acceptors (Lipinski definition) is 5. The van der Waals surface area contributed by atoms with Crippen molar-refractivity contribution in [3.8, 4) is 5.75 Å². The van der Waals surface area contributed by atoms with Gasteiger partial charge in [-0.2, -0.15) is 0 Å². The Bertz CT molecular complexity index is 1940. The molecule has 5 nitrogen and oxygen atoms in total. The van der Waals surface area contributed by atoms with Gasteiger partial charge in [-0.25, -0.2) is 0 Å². The molecule has 3 aliphatic carbocycles. The topological polar surface area (TPSA) is 72.8 Å². The number of rotatable bonds is 4. The van der Waals surface area contributed by atoms with Crippen molar-refractivity contribution in [1.29, 1.82) is 0 Å². The van der Waals surface area contributed by atoms with Crippen LogP contribution in [0.1, 0.15) is 80.3 Å². The summed E-state index contributed by atoms with van der Waals surface area (Å²) in [6, 6.07) is 19.4. The van der Waals surface area contributed by atoms with Gasteiger partial charge in [0, 0.05) is 45.3 Å². The molecular formula is C38H32BrNO4. The number of halogens is 1. The Morgan fingerprint density at radius 1 is 1.00 bits per heavy atom. The van der Waals surface area contributed by atoms with E-state index in [-0.39, 0.29) is 11.6 Å². The van der Waals surface area contributed by atoms with Gasteiger partial charge in [-0.3, -0.25) is 19.4 Å². The molecule has 0 spiro atoms. The number of ether oxygens (including phenoxy) is 1. The van der Waals surface area contributed by atoms with Crippen molar-refractivity contribution in [2.45, 2.75) is 58.9 Å². The Balaban J connectivity index is 1.60. The number of hydrogen-bond donors (Lipinski definition) is 0. The summed E-state index contributed by atoms with van der Waals surface area (Å²) >= 11 is 3.51. The molecule has 1 heterocycles. The van der Waals surface area contributed by atoms with E-state index < -0.39 is 22.7 Å². The zero-order chi connectivity index (χ0) is 31.1. The molecule has 220 valence electrons. The molecule has 3 aromatic rings. The fraction of sp³-hybridized carbons (Fsp3) is 0.263. The molecule has 0 saturated heterocycles. The summed E-state index contributed by atoms with van der Waals surface area (Å²) in [6.45, 7) is 10.4. The third-order valence-electron chi connectivity index (χ3n) is 9.56. The Hall–Kier alpha value is -4.16. The van der Waals surface area contributed by atoms with Gasteiger partial charge in [-0.05, 0) is 75.1 Å². The van der Waals surface area contributed by atoms with E-state index in [1.807, 2.05) is 48.5 Å². The first-order valence-electron chi connectivity index (χ1n) is 14.9. The molecule has 0 fully saturated rings. The average Bonchev–Trinajstić information content (AvgIpc) is 3.60. The third-order valence-corrected chi connectivity index (χ3v) is 10.1. The molecule has 1 unspecified atom stereocenters. The summed E-state index contributed by atoms with van der Waals surface area (Å²) in [4.78, 5) is 46.5. The molecule has 0 N–H and O–H groups in total. The van der Waals surface area contributed by atoms with Crippen LogP contribution < -0.4 is 4.74 Å². The van der Waals surface area contributed by atoms with Gasteiger partial charge in [0.15, 0.2) is 11.6 Å². The van der Waals surface area contributed by atoms with Crippen LogP contribution in [-0.2, 0) is 26.3 Å². The summed E-state index contributed by atoms with van der Waals surface area (Å²) in [5.41, 5.74) is 8.17. The molecule has 3 aromatic carbocycles. The number of nitrogens with zero attached hydrogens (tertiary/aromatic N) is 1. The number of carbonyl (C=O) groups is 3. The van der Waals surface area contributed by atoms with Crippen molar-refractivity contribution in [2.75, 3.05) is 0 Å². The number of allylic oxidation sites excluding steroid dienone is 5. The molecule has 1 aliphatic heterocycles. The van der Waals surface area contributed by atoms with Crippen LogP contribution in [0.2, 0.25) is 0 Å². The van der Waals surface area contributed by atoms with Gasteiger partial charge in [0.05, 0.1) is 6.54 Å². The van der Waals surface area contributed by atoms with Crippen LogP contribution in [0, 0.1) is 5.41 Å². The number of Topliss-reactive ketones (excluding diaryl/α,β-unsaturated/α-hetero) is 2. The van der Waals surface area contributed by atoms with Gasteiger partial charge in [0.25, 0.3) is 0 Å². The summed E-state index contributed by atoms with van der Waals surface area (Å²) in [5, 5.41) is 0. The first-order valence-corrected chi connectivity index (χ1v) is 15.7. The van der Waals surface area contributed by atoms with Crippen molar-refractivity contribution in [3.05, 3.63) is 121 Å². The SMILES string of the molecule is CC(=O)Oc1cc2c(c3c1C=C1C3=C3C(=O)C(c4ccc(Br)cc4)C(=O)C(C(C)(C)c4ccccc4)=C3CC1(C)C)CN=C2. The first kappa shape index (κ1) is 28.6. The van der Waals surface area contributed by atoms with Crippen molar-refractivity contribution in [2.24, 2.45) is 10.4 Å². The number of benzene rings is 3. The van der Waals surface area contributed by atoms with Gasteiger partial charge in [-0.1, -0.05) is 86.1 Å². The van der Waals surface area contributed by atoms with Crippen LogP contribution in [-0.4, -0.2) is 23.8 Å². The minimum absolute atomic E-state index is 0.144. The molecule has 0 radical (unpaired) electrons. The molecule has 0 saturated carbocycles. The lowest BCUT2D eigenvalue weighted by molar-refractivity contribution is -0.132. The highest BCUT2D eigenvalue weighted by Gasteiger charge is 2.52. The monoisotopic (exact) mass is 645 g/mol. The van der Waals surface area contributed by atoms with E-state index in [0.717, 1.165) is 49.0 Å². The minimum atomic E-state index is -0.972. The highest BCUT2D eigenvalue weighted by molar-refractivity contribution is 9.10. The first-order chi connectivity index (χ1) is 20.9. The molecule has 0 aromatic heterocycles. The largest absolute Gasteiger partial charge is 0.426 e. The van der Waals surface area contributed by atoms with Crippen LogP contribution >= 0.6 is 15.9 Å². The average molecular weight is 647 g/mol. The van der Waals surface area contributed by atoms with E-state index in [1.165, 1.54) is 6.92 Å². The van der Waals surface area contributed by atoms with Crippen LogP contribution in [0.25, 0.3) is 11.6 Å². The van der Waals surface area contributed by atoms with E-state index in [4.69, 9.17) is 4.74 Å². The highest BCUT2D eigenvalue weighted by Crippen LogP contribution is 2.60. The third kappa shape index (κ3) is 4.18. The smallest absolute Gasteiger partial charge is 0.308 e. The number of esters is 1. The molecule has 0 amide bonds. The van der Waals surface area contributed by atoms with Crippen LogP contribution in [0.5, 0.6) is 5.75 Å². The lowest BCUT2D eigenvalue weighted by Crippen LogP contribution is -2.41. The predicted molar refractivity (Wildman–Crippen MR) is 176 cm³/mol. The maximum absolute atomic E-state index is 14.9. The Morgan fingerprint density at radius 2 is 1.70 bits per heavy atom. The van der Waals surface area contributed by atoms with Gasteiger partial charge in [0.2, 0.25) is 0 Å². The zero-order valence-corrected chi connectivity index (χ0v) is 27.0. The second-order valence-electron chi connectivity index (χ2n) is 13.2. The molecule has 1 atom stereocenters. The molecule has 44 heavy (non-hydrogen) atoms. The van der Waals surface area contributed by atoms with Gasteiger partial charge in [0.1, 0.15) is 11.7 Å². The van der Waals surface area contributed by atoms with E-state index in [9.17, 15) is 14.4 Å². The molecule has 4 aliphatic rings. The van der Waals surface area contributed by atoms with E-state index in [2.05, 4.69) is 66.8 Å².